The van der Waals surface area contributed by atoms with Crippen molar-refractivity contribution in [2.45, 2.75) is 20.3 Å². The van der Waals surface area contributed by atoms with Gasteiger partial charge in [-0.15, -0.1) is 0 Å². The largest absolute Gasteiger partial charge is 0.184 e. The molecule has 1 rings (SSSR count). The second-order valence-corrected chi connectivity index (χ2v) is 3.01. The van der Waals surface area contributed by atoms with Gasteiger partial charge in [0.15, 0.2) is 0 Å². The van der Waals surface area contributed by atoms with E-state index >= 15 is 0 Å². The molecule has 0 spiro atoms. The van der Waals surface area contributed by atoms with Crippen molar-refractivity contribution >= 4 is 0 Å². The Hall–Kier alpha value is 0.272. The monoisotopic (exact) mass is 371 g/mol. The number of benzene rings is 1. The van der Waals surface area contributed by atoms with Gasteiger partial charge in [0.2, 0.25) is 0 Å². The molecule has 0 amide bonds. The summed E-state index contributed by atoms with van der Waals surface area (Å²) < 4.78 is 0. The van der Waals surface area contributed by atoms with Gasteiger partial charge in [0, 0.05) is 31.1 Å². The van der Waals surface area contributed by atoms with Crippen LogP contribution in [0.1, 0.15) is 19.4 Å². The average Bonchev–Trinajstić information content (AvgIpc) is 1.88. The molecule has 0 unspecified atom stereocenters. The van der Waals surface area contributed by atoms with E-state index in [1.54, 1.807) is 0 Å². The van der Waals surface area contributed by atoms with Crippen LogP contribution in [0.2, 0.25) is 0 Å². The van der Waals surface area contributed by atoms with E-state index in [0.29, 0.717) is 0 Å². The fraction of sp³-hybridized carbons (Fsp3) is 0.400. The van der Waals surface area contributed by atoms with Crippen LogP contribution in [-0.4, -0.2) is 0 Å². The minimum absolute atomic E-state index is 0. The van der Waals surface area contributed by atoms with Crippen LogP contribution in [0.15, 0.2) is 24.3 Å². The quantitative estimate of drug-likeness (QED) is 0.702. The van der Waals surface area contributed by atoms with E-state index in [9.17, 15) is 0 Å². The molecule has 0 aliphatic carbocycles. The molecule has 0 aliphatic heterocycles. The first-order chi connectivity index (χ1) is 4.79. The summed E-state index contributed by atoms with van der Waals surface area (Å²) in [4.78, 5) is 0. The summed E-state index contributed by atoms with van der Waals surface area (Å²) in [6, 6.07) is 11.2. The van der Waals surface area contributed by atoms with Crippen molar-refractivity contribution in [1.29, 1.82) is 0 Å². The summed E-state index contributed by atoms with van der Waals surface area (Å²) in [5.74, 6) is 0.752. The Bertz CT molecular complexity index is 179. The van der Waals surface area contributed by atoms with Gasteiger partial charge < -0.3 is 0 Å². The molecule has 1 aromatic carbocycles. The third-order valence-electron chi connectivity index (χ3n) is 1.43. The summed E-state index contributed by atoms with van der Waals surface area (Å²) in [6.45, 7) is 4.47. The standard InChI is InChI=1S/C10H13.U/c1-9(2)8-10-6-4-3-5-7-10;/h4-7,9H,8H2,1-2H3;/q-1;. The van der Waals surface area contributed by atoms with Crippen LogP contribution in [0.4, 0.5) is 0 Å². The summed E-state index contributed by atoms with van der Waals surface area (Å²) >= 11 is 0. The molecule has 0 aliphatic rings. The molecule has 0 nitrogen and oxygen atoms in total. The van der Waals surface area contributed by atoms with E-state index in [-0.39, 0.29) is 31.1 Å². The molecule has 0 saturated heterocycles. The Labute approximate surface area is 92.8 Å². The van der Waals surface area contributed by atoms with Gasteiger partial charge in [0.05, 0.1) is 0 Å². The summed E-state index contributed by atoms with van der Waals surface area (Å²) in [5, 5.41) is 0. The SMILES string of the molecule is CC(C)Cc1cc[c-]cc1.[U]. The third-order valence-corrected chi connectivity index (χ3v) is 1.43. The number of hydrogen-bond donors (Lipinski definition) is 0. The first-order valence-corrected chi connectivity index (χ1v) is 3.74. The fourth-order valence-corrected chi connectivity index (χ4v) is 1.03. The van der Waals surface area contributed by atoms with Gasteiger partial charge in [0.1, 0.15) is 0 Å². The van der Waals surface area contributed by atoms with E-state index in [2.05, 4.69) is 32.0 Å². The molecule has 0 fully saturated rings. The van der Waals surface area contributed by atoms with Crippen LogP contribution >= 0.6 is 0 Å². The van der Waals surface area contributed by atoms with Crippen molar-refractivity contribution in [2.75, 3.05) is 0 Å². The zero-order valence-corrected chi connectivity index (χ0v) is 11.3. The average molecular weight is 371 g/mol. The molecular formula is C10H13U-. The van der Waals surface area contributed by atoms with Crippen LogP contribution in [0.3, 0.4) is 0 Å². The Balaban J connectivity index is 0.000001000. The first-order valence-electron chi connectivity index (χ1n) is 3.74. The molecule has 0 heterocycles. The minimum atomic E-state index is 0. The predicted octanol–water partition coefficient (Wildman–Crippen LogP) is 2.69. The van der Waals surface area contributed by atoms with E-state index in [1.165, 1.54) is 12.0 Å². The summed E-state index contributed by atoms with van der Waals surface area (Å²) in [6.07, 6.45) is 1.18. The second-order valence-electron chi connectivity index (χ2n) is 3.01. The molecule has 0 radical (unpaired) electrons. The maximum Gasteiger partial charge on any atom is 0 e. The van der Waals surface area contributed by atoms with Gasteiger partial charge in [-0.05, 0) is 12.3 Å². The van der Waals surface area contributed by atoms with E-state index in [4.69, 9.17) is 0 Å². The maximum atomic E-state index is 3.01. The third kappa shape index (κ3) is 4.67. The Morgan fingerprint density at radius 1 is 1.27 bits per heavy atom. The maximum absolute atomic E-state index is 3.01. The Kier molecular flexibility index (Phi) is 6.01. The molecular weight excluding hydrogens is 358 g/mol. The van der Waals surface area contributed by atoms with E-state index < -0.39 is 0 Å². The smallest absolute Gasteiger partial charge is 0 e. The van der Waals surface area contributed by atoms with Crippen molar-refractivity contribution in [2.24, 2.45) is 5.92 Å². The fourth-order valence-electron chi connectivity index (χ4n) is 1.03. The van der Waals surface area contributed by atoms with E-state index in [1.807, 2.05) is 12.1 Å². The van der Waals surface area contributed by atoms with Gasteiger partial charge in [-0.3, -0.25) is 0 Å². The molecule has 0 saturated carbocycles. The predicted molar refractivity (Wildman–Crippen MR) is 43.8 cm³/mol. The molecule has 0 atom stereocenters. The zero-order chi connectivity index (χ0) is 7.40. The summed E-state index contributed by atoms with van der Waals surface area (Å²) in [7, 11) is 0. The van der Waals surface area contributed by atoms with E-state index in [0.717, 1.165) is 5.92 Å². The number of rotatable bonds is 2. The van der Waals surface area contributed by atoms with Crippen molar-refractivity contribution in [1.82, 2.24) is 0 Å². The van der Waals surface area contributed by atoms with Crippen molar-refractivity contribution in [3.05, 3.63) is 35.9 Å². The van der Waals surface area contributed by atoms with Crippen molar-refractivity contribution < 1.29 is 31.1 Å². The number of hydrogen-bond acceptors (Lipinski definition) is 0. The van der Waals surface area contributed by atoms with Gasteiger partial charge in [0.25, 0.3) is 0 Å². The van der Waals surface area contributed by atoms with Crippen LogP contribution in [0, 0.1) is 43.1 Å². The molecule has 0 aromatic heterocycles. The first kappa shape index (κ1) is 11.3. The topological polar surface area (TPSA) is 0 Å². The minimum Gasteiger partial charge on any atom is -0.184 e. The Morgan fingerprint density at radius 2 is 1.82 bits per heavy atom. The van der Waals surface area contributed by atoms with Crippen molar-refractivity contribution in [3.8, 4) is 0 Å². The van der Waals surface area contributed by atoms with Gasteiger partial charge >= 0.3 is 0 Å². The van der Waals surface area contributed by atoms with Gasteiger partial charge in [-0.1, -0.05) is 13.8 Å². The van der Waals surface area contributed by atoms with Crippen molar-refractivity contribution in [3.63, 3.8) is 0 Å². The normalized spacial score (nSPS) is 9.36. The van der Waals surface area contributed by atoms with Crippen LogP contribution < -0.4 is 0 Å². The summed E-state index contributed by atoms with van der Waals surface area (Å²) in [5.41, 5.74) is 1.41. The van der Waals surface area contributed by atoms with Crippen LogP contribution in [0.5, 0.6) is 0 Å². The van der Waals surface area contributed by atoms with Crippen LogP contribution in [-0.2, 0) is 6.42 Å². The van der Waals surface area contributed by atoms with Gasteiger partial charge in [-0.2, -0.15) is 35.9 Å². The molecule has 0 bridgehead atoms. The molecule has 0 N–H and O–H groups in total. The van der Waals surface area contributed by atoms with Crippen LogP contribution in [0.25, 0.3) is 0 Å². The molecule has 58 valence electrons. The molecule has 11 heavy (non-hydrogen) atoms. The zero-order valence-electron chi connectivity index (χ0n) is 7.09. The Morgan fingerprint density at radius 3 is 2.27 bits per heavy atom. The molecule has 1 aromatic rings. The molecule has 1 heteroatoms. The second kappa shape index (κ2) is 5.86. The van der Waals surface area contributed by atoms with Gasteiger partial charge in [-0.25, -0.2) is 0 Å².